The fourth-order valence-electron chi connectivity index (χ4n) is 10.0. The van der Waals surface area contributed by atoms with Crippen LogP contribution in [0.25, 0.3) is 0 Å². The third-order valence-electron chi connectivity index (χ3n) is 16.1. The van der Waals surface area contributed by atoms with Crippen LogP contribution in [0.15, 0.2) is 134 Å². The Morgan fingerprint density at radius 2 is 0.588 bits per heavy atom. The van der Waals surface area contributed by atoms with Crippen molar-refractivity contribution >= 4 is 39.8 Å². The summed E-state index contributed by atoms with van der Waals surface area (Å²) in [6.07, 6.45) is 85.0. The van der Waals surface area contributed by atoms with Crippen LogP contribution in [0, 0.1) is 0 Å². The van der Waals surface area contributed by atoms with Crippen molar-refractivity contribution in [1.82, 2.24) is 0 Å². The lowest BCUT2D eigenvalue weighted by molar-refractivity contribution is -0.161. The molecule has 19 heteroatoms. The molecule has 0 amide bonds. The second kappa shape index (κ2) is 76.0. The van der Waals surface area contributed by atoms with E-state index in [0.29, 0.717) is 45.1 Å². The van der Waals surface area contributed by atoms with Crippen molar-refractivity contribution in [3.8, 4) is 0 Å². The van der Waals surface area contributed by atoms with E-state index in [1.165, 1.54) is 57.8 Å². The van der Waals surface area contributed by atoms with Crippen molar-refractivity contribution in [3.05, 3.63) is 134 Å². The van der Waals surface area contributed by atoms with Gasteiger partial charge in [0.25, 0.3) is 0 Å². The minimum Gasteiger partial charge on any atom is -0.462 e. The number of ether oxygens (including phenoxy) is 4. The highest BCUT2D eigenvalue weighted by Crippen LogP contribution is 2.45. The fourth-order valence-corrected chi connectivity index (χ4v) is 11.6. The maximum absolute atomic E-state index is 13.1. The molecule has 0 saturated carbocycles. The molecule has 5 atom stereocenters. The summed E-state index contributed by atoms with van der Waals surface area (Å²) in [6, 6.07) is 0. The van der Waals surface area contributed by atoms with Crippen LogP contribution in [0.2, 0.25) is 0 Å². The summed E-state index contributed by atoms with van der Waals surface area (Å²) >= 11 is 0. The third kappa shape index (κ3) is 75.1. The molecule has 3 N–H and O–H groups in total. The maximum Gasteiger partial charge on any atom is 0.472 e. The number of phosphoric acid groups is 2. The van der Waals surface area contributed by atoms with E-state index in [0.717, 1.165) is 173 Å². The van der Waals surface area contributed by atoms with Gasteiger partial charge in [0.15, 0.2) is 6.10 Å². The second-order valence-corrected chi connectivity index (χ2v) is 28.8. The highest BCUT2D eigenvalue weighted by atomic mass is 31.2. The lowest BCUT2D eigenvalue weighted by Crippen LogP contribution is -2.30. The average molecular weight is 1470 g/mol. The number of allylic oxidation sites excluding steroid dienone is 22. The molecule has 17 nitrogen and oxygen atoms in total. The molecule has 0 aliphatic heterocycles. The molecule has 0 saturated heterocycles. The van der Waals surface area contributed by atoms with Crippen molar-refractivity contribution < 1.29 is 80.2 Å². The number of hydrogen-bond donors (Lipinski definition) is 3. The molecule has 584 valence electrons. The molecule has 0 heterocycles. The molecular weight excluding hydrogens is 1330 g/mol. The predicted octanol–water partition coefficient (Wildman–Crippen LogP) is 22.5. The number of unbranched alkanes of at least 4 members (excludes halogenated alkanes) is 26. The molecule has 0 aromatic carbocycles. The van der Waals surface area contributed by atoms with E-state index >= 15 is 0 Å². The Morgan fingerprint density at radius 3 is 0.961 bits per heavy atom. The largest absolute Gasteiger partial charge is 0.472 e. The van der Waals surface area contributed by atoms with Gasteiger partial charge in [0.1, 0.15) is 25.1 Å². The van der Waals surface area contributed by atoms with Gasteiger partial charge in [-0.25, -0.2) is 9.13 Å². The van der Waals surface area contributed by atoms with Crippen molar-refractivity contribution in [1.29, 1.82) is 0 Å². The number of carbonyl (C=O) groups is 4. The zero-order valence-electron chi connectivity index (χ0n) is 63.5. The highest BCUT2D eigenvalue weighted by Gasteiger charge is 2.30. The van der Waals surface area contributed by atoms with Crippen molar-refractivity contribution in [2.24, 2.45) is 0 Å². The first kappa shape index (κ1) is 97.4. The van der Waals surface area contributed by atoms with Crippen molar-refractivity contribution in [2.75, 3.05) is 46.2 Å². The normalized spacial score (nSPS) is 14.6. The predicted molar refractivity (Wildman–Crippen MR) is 418 cm³/mol. The molecule has 0 spiro atoms. The van der Waals surface area contributed by atoms with Gasteiger partial charge >= 0.3 is 33.6 Å². The minimum absolute atomic E-state index is 0.0135. The lowest BCUT2D eigenvalue weighted by atomic mass is 10.1. The van der Waals surface area contributed by atoms with Gasteiger partial charge in [0.2, 0.25) is 0 Å². The van der Waals surface area contributed by atoms with Gasteiger partial charge in [-0.15, -0.1) is 0 Å². The Balaban J connectivity index is 5.42. The van der Waals surface area contributed by atoms with E-state index in [4.69, 9.17) is 37.0 Å². The SMILES string of the molecule is CCCCC/C=C\C/C=C\C/C=C\C/C=C\CCCC(=O)OC[C@H](COP(=O)(O)OC[C@@H](O)COP(=O)(O)OC[C@@H](COCCCCCCC/C=C\CCCCCCC=O)OC(=O)CCCCCCC/C=C\C/C=C\CCCCC)OC(=O)CCC/C=C\C/C=C\C/C=C\C/C=C\CCCCC. The monoisotopic (exact) mass is 1470 g/mol. The van der Waals surface area contributed by atoms with Gasteiger partial charge in [-0.3, -0.25) is 32.5 Å². The lowest BCUT2D eigenvalue weighted by Gasteiger charge is -2.21. The maximum atomic E-state index is 13.1. The Bertz CT molecular complexity index is 2420. The van der Waals surface area contributed by atoms with Crippen LogP contribution in [0.1, 0.15) is 303 Å². The minimum atomic E-state index is -4.98. The van der Waals surface area contributed by atoms with E-state index < -0.39 is 84.9 Å². The first-order valence-electron chi connectivity index (χ1n) is 39.4. The van der Waals surface area contributed by atoms with E-state index in [2.05, 4.69) is 130 Å². The first-order valence-corrected chi connectivity index (χ1v) is 42.4. The van der Waals surface area contributed by atoms with Gasteiger partial charge in [-0.05, 0) is 167 Å². The highest BCUT2D eigenvalue weighted by molar-refractivity contribution is 7.47. The first-order chi connectivity index (χ1) is 49.8. The number of hydrogen-bond acceptors (Lipinski definition) is 15. The van der Waals surface area contributed by atoms with Crippen LogP contribution < -0.4 is 0 Å². The number of aliphatic hydroxyl groups is 1. The van der Waals surface area contributed by atoms with Gasteiger partial charge < -0.3 is 38.6 Å². The number of esters is 3. The summed E-state index contributed by atoms with van der Waals surface area (Å²) < 4.78 is 69.1. The van der Waals surface area contributed by atoms with Crippen LogP contribution >= 0.6 is 15.6 Å². The van der Waals surface area contributed by atoms with E-state index in [9.17, 15) is 43.2 Å². The standard InChI is InChI=1S/C83H140O17P2/c1-4-7-10-13-16-19-22-25-28-30-33-37-42-47-52-57-62-67-81(86)94-75-80(100-83(88)69-64-59-54-49-44-39-34-31-29-26-23-20-17-14-11-8-5-2)77-98-102(91,92)96-73-78(85)72-95-101(89,90)97-76-79(74-93-71-66-61-56-51-46-41-36-35-40-45-50-55-60-65-70-84)99-82(87)68-63-58-53-48-43-38-32-27-24-21-18-15-12-9-6-3/h16-21,25-29,32-37,39,47,49,52,54,70,78-80,85H,4-15,22-24,30-31,38,40-46,48,50-51,53,55-69,71-77H2,1-3H3,(H,89,90)(H,91,92)/b19-16-,20-17-,21-18-,28-25-,29-26-,32-27-,36-35-,37-33-,39-34-,52-47-,54-49-/t78-,79+,80+/m0/s1. The smallest absolute Gasteiger partial charge is 0.462 e. The van der Waals surface area contributed by atoms with Gasteiger partial charge in [-0.1, -0.05) is 244 Å². The number of carbonyl (C=O) groups excluding carboxylic acids is 4. The zero-order chi connectivity index (χ0) is 74.4. The van der Waals surface area contributed by atoms with E-state index in [-0.39, 0.29) is 25.9 Å². The third-order valence-corrected chi connectivity index (χ3v) is 18.0. The molecule has 0 aliphatic rings. The van der Waals surface area contributed by atoms with Crippen molar-refractivity contribution in [3.63, 3.8) is 0 Å². The fraction of sp³-hybridized carbons (Fsp3) is 0.687. The summed E-state index contributed by atoms with van der Waals surface area (Å²) in [5.74, 6) is -1.69. The summed E-state index contributed by atoms with van der Waals surface area (Å²) in [6.45, 7) is 3.40. The summed E-state index contributed by atoms with van der Waals surface area (Å²) in [5, 5.41) is 10.6. The Labute approximate surface area is 618 Å². The summed E-state index contributed by atoms with van der Waals surface area (Å²) in [4.78, 5) is 70.6. The van der Waals surface area contributed by atoms with E-state index in [1.54, 1.807) is 0 Å². The second-order valence-electron chi connectivity index (χ2n) is 25.9. The summed E-state index contributed by atoms with van der Waals surface area (Å²) in [7, 11) is -9.89. The molecule has 0 bridgehead atoms. The van der Waals surface area contributed by atoms with E-state index in [1.807, 2.05) is 24.3 Å². The van der Waals surface area contributed by atoms with Crippen LogP contribution in [-0.2, 0) is 65.4 Å². The van der Waals surface area contributed by atoms with Crippen LogP contribution in [-0.4, -0.2) is 104 Å². The summed E-state index contributed by atoms with van der Waals surface area (Å²) in [5.41, 5.74) is 0. The molecule has 0 aromatic heterocycles. The number of phosphoric ester groups is 2. The number of aldehydes is 1. The molecule has 0 rings (SSSR count). The van der Waals surface area contributed by atoms with Crippen LogP contribution in [0.4, 0.5) is 0 Å². The molecule has 0 radical (unpaired) electrons. The Kier molecular flexibility index (Phi) is 72.6. The molecule has 0 aromatic rings. The number of rotatable bonds is 75. The van der Waals surface area contributed by atoms with Crippen LogP contribution in [0.3, 0.4) is 0 Å². The number of aliphatic hydroxyl groups excluding tert-OH is 1. The van der Waals surface area contributed by atoms with Gasteiger partial charge in [0.05, 0.1) is 33.0 Å². The molecule has 0 fully saturated rings. The molecule has 2 unspecified atom stereocenters. The average Bonchev–Trinajstić information content (AvgIpc) is 0.915. The quantitative estimate of drug-likeness (QED) is 0.0128. The van der Waals surface area contributed by atoms with Crippen LogP contribution in [0.5, 0.6) is 0 Å². The topological polar surface area (TPSA) is 237 Å². The van der Waals surface area contributed by atoms with Gasteiger partial charge in [0, 0.05) is 32.3 Å². The Hall–Kier alpha value is -4.64. The molecule has 0 aliphatic carbocycles. The molecular formula is C83H140O17P2. The van der Waals surface area contributed by atoms with Gasteiger partial charge in [-0.2, -0.15) is 0 Å². The Morgan fingerprint density at radius 1 is 0.314 bits per heavy atom. The zero-order valence-corrected chi connectivity index (χ0v) is 65.3. The van der Waals surface area contributed by atoms with Crippen molar-refractivity contribution in [2.45, 2.75) is 322 Å². The molecule has 102 heavy (non-hydrogen) atoms.